The fourth-order valence-corrected chi connectivity index (χ4v) is 3.76. The van der Waals surface area contributed by atoms with Crippen molar-refractivity contribution in [1.29, 1.82) is 0 Å². The predicted octanol–water partition coefficient (Wildman–Crippen LogP) is 2.70. The Kier molecular flexibility index (Phi) is 5.57. The van der Waals surface area contributed by atoms with Gasteiger partial charge in [0.15, 0.2) is 0 Å². The molecular formula is C18H25ClN2O2. The standard InChI is InChI=1S/C18H25ClN2O2/c19-15-6-4-13(5-7-15)18(23)21-10-8-16(9-11-21)20-12-14-2-1-3-17(14)22/h4-7,14,16-17,20,22H,1-3,8-12H2. The maximum atomic E-state index is 12.5. The number of carbonyl (C=O) groups excluding carboxylic acids is 1. The van der Waals surface area contributed by atoms with Crippen molar-refractivity contribution >= 4 is 17.5 Å². The SMILES string of the molecule is O=C(c1ccc(Cl)cc1)N1CCC(NCC2CCCC2O)CC1. The van der Waals surface area contributed by atoms with Crippen LogP contribution in [0.4, 0.5) is 0 Å². The van der Waals surface area contributed by atoms with Crippen molar-refractivity contribution in [2.75, 3.05) is 19.6 Å². The van der Waals surface area contributed by atoms with Crippen LogP contribution in [0.2, 0.25) is 5.02 Å². The quantitative estimate of drug-likeness (QED) is 0.889. The fraction of sp³-hybridized carbons (Fsp3) is 0.611. The molecule has 2 N–H and O–H groups in total. The summed E-state index contributed by atoms with van der Waals surface area (Å²) in [4.78, 5) is 14.4. The molecule has 1 aromatic rings. The Morgan fingerprint density at radius 2 is 1.87 bits per heavy atom. The van der Waals surface area contributed by atoms with Crippen LogP contribution >= 0.6 is 11.6 Å². The van der Waals surface area contributed by atoms with Crippen molar-refractivity contribution in [3.05, 3.63) is 34.9 Å². The number of likely N-dealkylation sites (tertiary alicyclic amines) is 1. The summed E-state index contributed by atoms with van der Waals surface area (Å²) in [5.74, 6) is 0.495. The second kappa shape index (κ2) is 7.65. The van der Waals surface area contributed by atoms with Crippen LogP contribution in [-0.2, 0) is 0 Å². The highest BCUT2D eigenvalue weighted by Gasteiger charge is 2.27. The maximum Gasteiger partial charge on any atom is 0.253 e. The average Bonchev–Trinajstić information content (AvgIpc) is 2.99. The number of halogens is 1. The molecule has 0 spiro atoms. The van der Waals surface area contributed by atoms with Crippen molar-refractivity contribution in [3.8, 4) is 0 Å². The predicted molar refractivity (Wildman–Crippen MR) is 91.7 cm³/mol. The Morgan fingerprint density at radius 1 is 1.17 bits per heavy atom. The van der Waals surface area contributed by atoms with Gasteiger partial charge in [0.25, 0.3) is 5.91 Å². The molecule has 1 saturated carbocycles. The second-order valence-electron chi connectivity index (χ2n) is 6.74. The smallest absolute Gasteiger partial charge is 0.253 e. The monoisotopic (exact) mass is 336 g/mol. The number of benzene rings is 1. The highest BCUT2D eigenvalue weighted by molar-refractivity contribution is 6.30. The number of rotatable bonds is 4. The molecular weight excluding hydrogens is 312 g/mol. The molecule has 1 aliphatic heterocycles. The second-order valence-corrected chi connectivity index (χ2v) is 7.18. The summed E-state index contributed by atoms with van der Waals surface area (Å²) in [7, 11) is 0. The van der Waals surface area contributed by atoms with Gasteiger partial charge in [0.1, 0.15) is 0 Å². The van der Waals surface area contributed by atoms with E-state index in [-0.39, 0.29) is 12.0 Å². The molecule has 0 aromatic heterocycles. The summed E-state index contributed by atoms with van der Waals surface area (Å²) < 4.78 is 0. The van der Waals surface area contributed by atoms with Gasteiger partial charge in [0.2, 0.25) is 0 Å². The van der Waals surface area contributed by atoms with Crippen molar-refractivity contribution in [2.24, 2.45) is 5.92 Å². The van der Waals surface area contributed by atoms with Gasteiger partial charge in [-0.25, -0.2) is 0 Å². The molecule has 1 aromatic carbocycles. The van der Waals surface area contributed by atoms with Gasteiger partial charge < -0.3 is 15.3 Å². The van der Waals surface area contributed by atoms with Crippen molar-refractivity contribution in [1.82, 2.24) is 10.2 Å². The van der Waals surface area contributed by atoms with Gasteiger partial charge in [-0.3, -0.25) is 4.79 Å². The van der Waals surface area contributed by atoms with Crippen molar-refractivity contribution in [3.63, 3.8) is 0 Å². The normalized spacial score (nSPS) is 25.7. The molecule has 0 bridgehead atoms. The van der Waals surface area contributed by atoms with E-state index in [0.717, 1.165) is 51.7 Å². The lowest BCUT2D eigenvalue weighted by atomic mass is 10.0. The molecule has 2 atom stereocenters. The molecule has 2 aliphatic rings. The summed E-state index contributed by atoms with van der Waals surface area (Å²) in [5.41, 5.74) is 0.704. The number of aliphatic hydroxyl groups is 1. The molecule has 1 aliphatic carbocycles. The van der Waals surface area contributed by atoms with Crippen LogP contribution in [0.25, 0.3) is 0 Å². The number of hydrogen-bond acceptors (Lipinski definition) is 3. The molecule has 1 saturated heterocycles. The van der Waals surface area contributed by atoms with Crippen LogP contribution in [0.5, 0.6) is 0 Å². The molecule has 4 nitrogen and oxygen atoms in total. The zero-order valence-electron chi connectivity index (χ0n) is 13.4. The lowest BCUT2D eigenvalue weighted by Crippen LogP contribution is -2.46. The highest BCUT2D eigenvalue weighted by Crippen LogP contribution is 2.25. The molecule has 3 rings (SSSR count). The third-order valence-corrected chi connectivity index (χ3v) is 5.41. The topological polar surface area (TPSA) is 52.6 Å². The lowest BCUT2D eigenvalue weighted by Gasteiger charge is -2.33. The van der Waals surface area contributed by atoms with E-state index in [4.69, 9.17) is 11.6 Å². The molecule has 0 radical (unpaired) electrons. The van der Waals surface area contributed by atoms with E-state index in [1.807, 2.05) is 4.90 Å². The largest absolute Gasteiger partial charge is 0.393 e. The minimum atomic E-state index is -0.130. The number of carbonyl (C=O) groups is 1. The van der Waals surface area contributed by atoms with Crippen molar-refractivity contribution < 1.29 is 9.90 Å². The van der Waals surface area contributed by atoms with Gasteiger partial charge in [0.05, 0.1) is 6.10 Å². The zero-order valence-corrected chi connectivity index (χ0v) is 14.1. The molecule has 23 heavy (non-hydrogen) atoms. The van der Waals surface area contributed by atoms with Crippen LogP contribution in [0.15, 0.2) is 24.3 Å². The van der Waals surface area contributed by atoms with Crippen LogP contribution in [0, 0.1) is 5.92 Å². The Hall–Kier alpha value is -1.10. The fourth-order valence-electron chi connectivity index (χ4n) is 3.64. The number of aliphatic hydroxyl groups excluding tert-OH is 1. The van der Waals surface area contributed by atoms with E-state index in [9.17, 15) is 9.90 Å². The summed E-state index contributed by atoms with van der Waals surface area (Å²) >= 11 is 5.87. The molecule has 1 amide bonds. The van der Waals surface area contributed by atoms with E-state index in [0.29, 0.717) is 22.5 Å². The van der Waals surface area contributed by atoms with E-state index >= 15 is 0 Å². The Balaban J connectivity index is 1.44. The maximum absolute atomic E-state index is 12.5. The van der Waals surface area contributed by atoms with E-state index in [1.165, 1.54) is 0 Å². The Bertz CT molecular complexity index is 526. The number of amides is 1. The van der Waals surface area contributed by atoms with Crippen LogP contribution in [0.3, 0.4) is 0 Å². The van der Waals surface area contributed by atoms with Gasteiger partial charge in [-0.05, 0) is 55.9 Å². The lowest BCUT2D eigenvalue weighted by molar-refractivity contribution is 0.0700. The third-order valence-electron chi connectivity index (χ3n) is 5.16. The third kappa shape index (κ3) is 4.25. The van der Waals surface area contributed by atoms with Crippen LogP contribution < -0.4 is 5.32 Å². The first-order valence-corrected chi connectivity index (χ1v) is 8.97. The summed E-state index contributed by atoms with van der Waals surface area (Å²) in [6.45, 7) is 2.47. The van der Waals surface area contributed by atoms with E-state index < -0.39 is 0 Å². The molecule has 5 heteroatoms. The first-order valence-electron chi connectivity index (χ1n) is 8.60. The highest BCUT2D eigenvalue weighted by atomic mass is 35.5. The number of nitrogens with one attached hydrogen (secondary N) is 1. The Labute approximate surface area is 142 Å². The van der Waals surface area contributed by atoms with E-state index in [1.54, 1.807) is 24.3 Å². The average molecular weight is 337 g/mol. The first kappa shape index (κ1) is 16.7. The van der Waals surface area contributed by atoms with E-state index in [2.05, 4.69) is 5.32 Å². The summed E-state index contributed by atoms with van der Waals surface area (Å²) in [5, 5.41) is 14.1. The molecule has 126 valence electrons. The zero-order chi connectivity index (χ0) is 16.2. The summed E-state index contributed by atoms with van der Waals surface area (Å²) in [6, 6.07) is 7.55. The van der Waals surface area contributed by atoms with Gasteiger partial charge in [-0.1, -0.05) is 18.0 Å². The Morgan fingerprint density at radius 3 is 2.48 bits per heavy atom. The van der Waals surface area contributed by atoms with Crippen LogP contribution in [0.1, 0.15) is 42.5 Å². The number of hydrogen-bond donors (Lipinski definition) is 2. The van der Waals surface area contributed by atoms with Crippen molar-refractivity contribution in [2.45, 2.75) is 44.2 Å². The van der Waals surface area contributed by atoms with Gasteiger partial charge in [-0.2, -0.15) is 0 Å². The minimum Gasteiger partial charge on any atom is -0.393 e. The summed E-state index contributed by atoms with van der Waals surface area (Å²) in [6.07, 6.45) is 5.03. The van der Waals surface area contributed by atoms with Crippen LogP contribution in [-0.4, -0.2) is 47.7 Å². The first-order chi connectivity index (χ1) is 11.1. The van der Waals surface area contributed by atoms with Gasteiger partial charge in [-0.15, -0.1) is 0 Å². The molecule has 2 fully saturated rings. The number of nitrogens with zero attached hydrogens (tertiary/aromatic N) is 1. The molecule has 2 unspecified atom stereocenters. The molecule has 1 heterocycles. The number of piperidine rings is 1. The minimum absolute atomic E-state index is 0.0892. The van der Waals surface area contributed by atoms with Gasteiger partial charge >= 0.3 is 0 Å². The van der Waals surface area contributed by atoms with Gasteiger partial charge in [0, 0.05) is 36.3 Å².